The van der Waals surface area contributed by atoms with E-state index >= 15 is 0 Å². The predicted octanol–water partition coefficient (Wildman–Crippen LogP) is 2.03. The minimum absolute atomic E-state index is 0.0425. The number of nitrogens with two attached hydrogens (primary N) is 1. The number of rotatable bonds is 3. The summed E-state index contributed by atoms with van der Waals surface area (Å²) in [7, 11) is 1.47. The molecule has 1 aromatic rings. The maximum atomic E-state index is 9.44. The number of hydrogen-bond donors (Lipinski definition) is 2. The summed E-state index contributed by atoms with van der Waals surface area (Å²) < 4.78 is 4.95. The number of hydrogen-bond acceptors (Lipinski definition) is 3. The number of halogens is 1. The van der Waals surface area contributed by atoms with Crippen molar-refractivity contribution >= 4 is 17.7 Å². The highest BCUT2D eigenvalue weighted by Crippen LogP contribution is 2.35. The molecule has 0 amide bonds. The number of methoxy groups -OCH3 is 1. The zero-order chi connectivity index (χ0) is 10.6. The molecule has 14 heavy (non-hydrogen) atoms. The maximum absolute atomic E-state index is 9.44. The molecule has 0 saturated carbocycles. The third-order valence-corrected chi connectivity index (χ3v) is 2.01. The van der Waals surface area contributed by atoms with E-state index in [9.17, 15) is 5.11 Å². The minimum atomic E-state index is -0.0425. The fraction of sp³-hybridized carbons (Fsp3) is 0.200. The summed E-state index contributed by atoms with van der Waals surface area (Å²) in [5, 5.41) is 9.71. The van der Waals surface area contributed by atoms with Gasteiger partial charge in [0, 0.05) is 6.54 Å². The third-order valence-electron chi connectivity index (χ3n) is 1.72. The first-order valence-corrected chi connectivity index (χ1v) is 4.50. The largest absolute Gasteiger partial charge is 0.503 e. The van der Waals surface area contributed by atoms with Crippen molar-refractivity contribution in [2.24, 2.45) is 5.73 Å². The Bertz CT molecular complexity index is 350. The summed E-state index contributed by atoms with van der Waals surface area (Å²) in [5.41, 5.74) is 6.16. The molecule has 0 aromatic heterocycles. The summed E-state index contributed by atoms with van der Waals surface area (Å²) in [6, 6.07) is 3.33. The van der Waals surface area contributed by atoms with Gasteiger partial charge in [-0.3, -0.25) is 0 Å². The van der Waals surface area contributed by atoms with Gasteiger partial charge in [0.05, 0.1) is 12.1 Å². The van der Waals surface area contributed by atoms with Gasteiger partial charge >= 0.3 is 0 Å². The van der Waals surface area contributed by atoms with Gasteiger partial charge in [-0.05, 0) is 17.7 Å². The van der Waals surface area contributed by atoms with Crippen molar-refractivity contribution in [3.8, 4) is 11.5 Å². The summed E-state index contributed by atoms with van der Waals surface area (Å²) in [5.74, 6) is 0.313. The van der Waals surface area contributed by atoms with E-state index in [4.69, 9.17) is 22.1 Å². The molecule has 4 heteroatoms. The lowest BCUT2D eigenvalue weighted by Gasteiger charge is -2.05. The SMILES string of the molecule is COc1cc(C=CCN)cc(Cl)c1O. The van der Waals surface area contributed by atoms with Crippen LogP contribution in [0.1, 0.15) is 5.56 Å². The first kappa shape index (κ1) is 10.9. The molecule has 3 nitrogen and oxygen atoms in total. The second kappa shape index (κ2) is 4.88. The molecule has 0 radical (unpaired) electrons. The van der Waals surface area contributed by atoms with Crippen molar-refractivity contribution in [1.29, 1.82) is 0 Å². The molecule has 0 aliphatic heterocycles. The smallest absolute Gasteiger partial charge is 0.176 e. The summed E-state index contributed by atoms with van der Waals surface area (Å²) in [6.07, 6.45) is 3.61. The Morgan fingerprint density at radius 1 is 1.57 bits per heavy atom. The minimum Gasteiger partial charge on any atom is -0.503 e. The highest BCUT2D eigenvalue weighted by atomic mass is 35.5. The maximum Gasteiger partial charge on any atom is 0.176 e. The van der Waals surface area contributed by atoms with E-state index in [1.807, 2.05) is 6.08 Å². The van der Waals surface area contributed by atoms with Gasteiger partial charge in [-0.25, -0.2) is 0 Å². The fourth-order valence-corrected chi connectivity index (χ4v) is 1.27. The van der Waals surface area contributed by atoms with E-state index in [0.29, 0.717) is 12.3 Å². The third kappa shape index (κ3) is 2.40. The van der Waals surface area contributed by atoms with Crippen molar-refractivity contribution < 1.29 is 9.84 Å². The van der Waals surface area contributed by atoms with E-state index in [2.05, 4.69) is 0 Å². The monoisotopic (exact) mass is 213 g/mol. The van der Waals surface area contributed by atoms with E-state index in [-0.39, 0.29) is 10.8 Å². The molecular formula is C10H12ClNO2. The van der Waals surface area contributed by atoms with Crippen LogP contribution in [0.4, 0.5) is 0 Å². The highest BCUT2D eigenvalue weighted by Gasteiger charge is 2.06. The average Bonchev–Trinajstić information content (AvgIpc) is 2.19. The summed E-state index contributed by atoms with van der Waals surface area (Å²) in [4.78, 5) is 0. The molecule has 0 aliphatic carbocycles. The molecule has 0 heterocycles. The van der Waals surface area contributed by atoms with Gasteiger partial charge in [-0.2, -0.15) is 0 Å². The van der Waals surface area contributed by atoms with Crippen molar-refractivity contribution in [2.75, 3.05) is 13.7 Å². The fourth-order valence-electron chi connectivity index (χ4n) is 1.05. The van der Waals surface area contributed by atoms with Crippen LogP contribution in [-0.4, -0.2) is 18.8 Å². The molecule has 76 valence electrons. The zero-order valence-electron chi connectivity index (χ0n) is 7.83. The molecule has 0 unspecified atom stereocenters. The van der Waals surface area contributed by atoms with Gasteiger partial charge in [-0.15, -0.1) is 0 Å². The van der Waals surface area contributed by atoms with Crippen molar-refractivity contribution in [2.45, 2.75) is 0 Å². The molecule has 1 aromatic carbocycles. The Labute approximate surface area is 87.8 Å². The first-order valence-electron chi connectivity index (χ1n) is 4.12. The van der Waals surface area contributed by atoms with Gasteiger partial charge in [0.25, 0.3) is 0 Å². The Morgan fingerprint density at radius 2 is 2.29 bits per heavy atom. The van der Waals surface area contributed by atoms with Crippen LogP contribution in [0.2, 0.25) is 5.02 Å². The van der Waals surface area contributed by atoms with Crippen LogP contribution in [0.15, 0.2) is 18.2 Å². The Balaban J connectivity index is 3.09. The zero-order valence-corrected chi connectivity index (χ0v) is 8.58. The lowest BCUT2D eigenvalue weighted by atomic mass is 10.2. The Morgan fingerprint density at radius 3 is 2.86 bits per heavy atom. The molecule has 3 N–H and O–H groups in total. The normalized spacial score (nSPS) is 10.8. The van der Waals surface area contributed by atoms with Crippen LogP contribution >= 0.6 is 11.6 Å². The van der Waals surface area contributed by atoms with Crippen LogP contribution in [0.25, 0.3) is 6.08 Å². The molecule has 1 rings (SSSR count). The Kier molecular flexibility index (Phi) is 3.80. The quantitative estimate of drug-likeness (QED) is 0.808. The number of phenols is 1. The summed E-state index contributed by atoms with van der Waals surface area (Å²) >= 11 is 5.78. The van der Waals surface area contributed by atoms with Gasteiger partial charge in [0.2, 0.25) is 0 Å². The van der Waals surface area contributed by atoms with Gasteiger partial charge < -0.3 is 15.6 Å². The predicted molar refractivity (Wildman–Crippen MR) is 57.8 cm³/mol. The van der Waals surface area contributed by atoms with Crippen molar-refractivity contribution in [3.05, 3.63) is 28.8 Å². The van der Waals surface area contributed by atoms with Crippen molar-refractivity contribution in [3.63, 3.8) is 0 Å². The van der Waals surface area contributed by atoms with E-state index < -0.39 is 0 Å². The van der Waals surface area contributed by atoms with Crippen LogP contribution in [0, 0.1) is 0 Å². The number of benzene rings is 1. The van der Waals surface area contributed by atoms with Gasteiger partial charge in [-0.1, -0.05) is 23.8 Å². The van der Waals surface area contributed by atoms with Crippen LogP contribution in [-0.2, 0) is 0 Å². The molecule has 0 atom stereocenters. The molecule has 0 bridgehead atoms. The molecule has 0 spiro atoms. The van der Waals surface area contributed by atoms with Crippen LogP contribution in [0.3, 0.4) is 0 Å². The second-order valence-corrected chi connectivity index (χ2v) is 3.10. The number of aromatic hydroxyl groups is 1. The molecular weight excluding hydrogens is 202 g/mol. The van der Waals surface area contributed by atoms with E-state index in [0.717, 1.165) is 5.56 Å². The van der Waals surface area contributed by atoms with Crippen LogP contribution < -0.4 is 10.5 Å². The summed E-state index contributed by atoms with van der Waals surface area (Å²) in [6.45, 7) is 0.459. The van der Waals surface area contributed by atoms with Crippen LogP contribution in [0.5, 0.6) is 11.5 Å². The topological polar surface area (TPSA) is 55.5 Å². The van der Waals surface area contributed by atoms with Crippen molar-refractivity contribution in [1.82, 2.24) is 0 Å². The van der Waals surface area contributed by atoms with E-state index in [1.54, 1.807) is 18.2 Å². The molecule has 0 fully saturated rings. The lowest BCUT2D eigenvalue weighted by molar-refractivity contribution is 0.373. The number of ether oxygens (including phenoxy) is 1. The van der Waals surface area contributed by atoms with E-state index in [1.165, 1.54) is 7.11 Å². The molecule has 0 aliphatic rings. The average molecular weight is 214 g/mol. The second-order valence-electron chi connectivity index (χ2n) is 2.69. The first-order chi connectivity index (χ1) is 6.69. The molecule has 0 saturated heterocycles. The lowest BCUT2D eigenvalue weighted by Crippen LogP contribution is -1.92. The Hall–Kier alpha value is -1.19. The standard InChI is InChI=1S/C10H12ClNO2/c1-14-9-6-7(3-2-4-12)5-8(11)10(9)13/h2-3,5-6,13H,4,12H2,1H3. The van der Waals surface area contributed by atoms with Gasteiger partial charge in [0.15, 0.2) is 11.5 Å². The highest BCUT2D eigenvalue weighted by molar-refractivity contribution is 6.32. The van der Waals surface area contributed by atoms with Gasteiger partial charge in [0.1, 0.15) is 0 Å². The number of phenolic OH excluding ortho intramolecular Hbond substituents is 1.